The zero-order valence-electron chi connectivity index (χ0n) is 11.4. The zero-order valence-corrected chi connectivity index (χ0v) is 12.3. The maximum Gasteiger partial charge on any atom is 0.251 e. The Morgan fingerprint density at radius 1 is 1.45 bits per heavy atom. The van der Waals surface area contributed by atoms with Gasteiger partial charge in [-0.25, -0.2) is 21.9 Å². The van der Waals surface area contributed by atoms with E-state index < -0.39 is 33.7 Å². The molecule has 1 aliphatic carbocycles. The maximum absolute atomic E-state index is 13.5. The molecule has 1 heterocycles. The fourth-order valence-corrected chi connectivity index (χ4v) is 4.63. The predicted octanol–water partition coefficient (Wildman–Crippen LogP) is 0.962. The van der Waals surface area contributed by atoms with Crippen molar-refractivity contribution >= 4 is 15.9 Å². The highest BCUT2D eigenvalue weighted by Gasteiger charge is 2.46. The summed E-state index contributed by atoms with van der Waals surface area (Å²) in [5, 5.41) is 0. The van der Waals surface area contributed by atoms with Crippen molar-refractivity contribution in [2.45, 2.75) is 44.6 Å². The van der Waals surface area contributed by atoms with Gasteiger partial charge in [-0.15, -0.1) is 0 Å². The lowest BCUT2D eigenvalue weighted by Gasteiger charge is -2.20. The number of alkyl halides is 2. The van der Waals surface area contributed by atoms with Crippen molar-refractivity contribution in [2.24, 2.45) is 5.92 Å². The molecule has 0 aromatic rings. The second kappa shape index (κ2) is 5.55. The lowest BCUT2D eigenvalue weighted by molar-refractivity contribution is -0.127. The van der Waals surface area contributed by atoms with Crippen molar-refractivity contribution < 1.29 is 22.0 Å². The van der Waals surface area contributed by atoms with Crippen LogP contribution in [0.5, 0.6) is 0 Å². The van der Waals surface area contributed by atoms with E-state index in [0.717, 1.165) is 0 Å². The van der Waals surface area contributed by atoms with Crippen LogP contribution in [-0.4, -0.2) is 50.0 Å². The Kier molecular flexibility index (Phi) is 4.34. The topological polar surface area (TPSA) is 66.5 Å². The van der Waals surface area contributed by atoms with Gasteiger partial charge in [-0.2, -0.15) is 0 Å². The number of sulfonamides is 1. The van der Waals surface area contributed by atoms with Gasteiger partial charge in [0.05, 0.1) is 5.75 Å². The van der Waals surface area contributed by atoms with Crippen molar-refractivity contribution in [3.63, 3.8) is 0 Å². The Balaban J connectivity index is 1.94. The van der Waals surface area contributed by atoms with Crippen LogP contribution >= 0.6 is 0 Å². The minimum absolute atomic E-state index is 0.105. The van der Waals surface area contributed by atoms with E-state index in [1.165, 1.54) is 0 Å². The highest BCUT2D eigenvalue weighted by atomic mass is 32.2. The molecule has 8 heteroatoms. The first kappa shape index (κ1) is 15.6. The third kappa shape index (κ3) is 3.46. The van der Waals surface area contributed by atoms with E-state index in [4.69, 9.17) is 0 Å². The molecule has 0 aromatic carbocycles. The molecular weight excluding hydrogens is 290 g/mol. The third-order valence-electron chi connectivity index (χ3n) is 4.02. The molecular formula is C12H20F2N2O3S. The fourth-order valence-electron chi connectivity index (χ4n) is 2.93. The van der Waals surface area contributed by atoms with Crippen LogP contribution in [0.3, 0.4) is 0 Å². The van der Waals surface area contributed by atoms with Crippen LogP contribution in [-0.2, 0) is 14.8 Å². The number of hydrogen-bond acceptors (Lipinski definition) is 3. The summed E-state index contributed by atoms with van der Waals surface area (Å²) in [6.07, 6.45) is 0.462. The van der Waals surface area contributed by atoms with Gasteiger partial charge in [0.2, 0.25) is 15.9 Å². The van der Waals surface area contributed by atoms with Gasteiger partial charge < -0.3 is 4.90 Å². The first-order valence-corrected chi connectivity index (χ1v) is 8.54. The summed E-state index contributed by atoms with van der Waals surface area (Å²) < 4.78 is 53.3. The van der Waals surface area contributed by atoms with Crippen molar-refractivity contribution in [2.75, 3.05) is 18.8 Å². The molecule has 20 heavy (non-hydrogen) atoms. The summed E-state index contributed by atoms with van der Waals surface area (Å²) in [5.41, 5.74) is 0. The second-order valence-corrected chi connectivity index (χ2v) is 7.38. The number of carbonyl (C=O) groups is 1. The van der Waals surface area contributed by atoms with Crippen molar-refractivity contribution in [1.29, 1.82) is 0 Å². The number of halogens is 2. The van der Waals surface area contributed by atoms with Crippen molar-refractivity contribution in [1.82, 2.24) is 9.62 Å². The number of hydrogen-bond donors (Lipinski definition) is 1. The van der Waals surface area contributed by atoms with Crippen LogP contribution in [0.4, 0.5) is 8.78 Å². The van der Waals surface area contributed by atoms with Crippen LogP contribution < -0.4 is 4.72 Å². The fraction of sp³-hybridized carbons (Fsp3) is 0.917. The Hall–Kier alpha value is -0.760. The highest BCUT2D eigenvalue weighted by molar-refractivity contribution is 7.89. The van der Waals surface area contributed by atoms with E-state index >= 15 is 0 Å². The Morgan fingerprint density at radius 3 is 2.65 bits per heavy atom. The Bertz CT molecular complexity index is 481. The molecule has 1 saturated carbocycles. The number of likely N-dealkylation sites (N-methyl/N-ethyl adjacent to an activating group) is 1. The van der Waals surface area contributed by atoms with Crippen LogP contribution in [0, 0.1) is 5.92 Å². The molecule has 1 amide bonds. The summed E-state index contributed by atoms with van der Waals surface area (Å²) in [4.78, 5) is 13.1. The summed E-state index contributed by atoms with van der Waals surface area (Å²) in [6, 6.07) is -0.498. The SMILES string of the molecule is CCN1CC(NS(=O)(=O)CC2CCCC2(F)F)CC1=O. The van der Waals surface area contributed by atoms with E-state index in [-0.39, 0.29) is 25.2 Å². The molecule has 0 bridgehead atoms. The molecule has 2 atom stereocenters. The van der Waals surface area contributed by atoms with Crippen LogP contribution in [0.15, 0.2) is 0 Å². The van der Waals surface area contributed by atoms with E-state index in [1.54, 1.807) is 4.90 Å². The van der Waals surface area contributed by atoms with E-state index in [0.29, 0.717) is 19.5 Å². The number of amides is 1. The normalized spacial score (nSPS) is 30.1. The van der Waals surface area contributed by atoms with E-state index in [1.807, 2.05) is 6.92 Å². The largest absolute Gasteiger partial charge is 0.341 e. The van der Waals surface area contributed by atoms with E-state index in [9.17, 15) is 22.0 Å². The number of likely N-dealkylation sites (tertiary alicyclic amines) is 1. The van der Waals surface area contributed by atoms with Gasteiger partial charge in [-0.1, -0.05) is 0 Å². The minimum atomic E-state index is -3.78. The molecule has 0 spiro atoms. The Morgan fingerprint density at radius 2 is 2.15 bits per heavy atom. The zero-order chi connectivity index (χ0) is 15.0. The first-order chi connectivity index (χ1) is 9.23. The molecule has 2 rings (SSSR count). The molecule has 0 radical (unpaired) electrons. The summed E-state index contributed by atoms with van der Waals surface area (Å²) in [6.45, 7) is 2.65. The molecule has 116 valence electrons. The molecule has 2 aliphatic rings. The number of nitrogens with one attached hydrogen (secondary N) is 1. The molecule has 1 aliphatic heterocycles. The average molecular weight is 310 g/mol. The van der Waals surface area contributed by atoms with Crippen molar-refractivity contribution in [3.05, 3.63) is 0 Å². The van der Waals surface area contributed by atoms with Crippen LogP contribution in [0.2, 0.25) is 0 Å². The minimum Gasteiger partial charge on any atom is -0.341 e. The summed E-state index contributed by atoms with van der Waals surface area (Å²) in [5.74, 6) is -4.67. The van der Waals surface area contributed by atoms with Gasteiger partial charge in [0, 0.05) is 37.9 Å². The van der Waals surface area contributed by atoms with Crippen molar-refractivity contribution in [3.8, 4) is 0 Å². The Labute approximate surface area is 117 Å². The van der Waals surface area contributed by atoms with Gasteiger partial charge in [0.15, 0.2) is 0 Å². The molecule has 0 aromatic heterocycles. The molecule has 2 unspecified atom stereocenters. The monoisotopic (exact) mass is 310 g/mol. The molecule has 1 saturated heterocycles. The number of rotatable bonds is 5. The third-order valence-corrected chi connectivity index (χ3v) is 5.56. The number of carbonyl (C=O) groups excluding carboxylic acids is 1. The first-order valence-electron chi connectivity index (χ1n) is 6.89. The van der Waals surface area contributed by atoms with Gasteiger partial charge in [0.1, 0.15) is 0 Å². The standard InChI is InChI=1S/C12H20F2N2O3S/c1-2-16-7-10(6-11(16)17)15-20(18,19)8-9-4-3-5-12(9,13)14/h9-10,15H,2-8H2,1H3. The van der Waals surface area contributed by atoms with E-state index in [2.05, 4.69) is 4.72 Å². The van der Waals surface area contributed by atoms with Gasteiger partial charge in [-0.05, 0) is 19.8 Å². The van der Waals surface area contributed by atoms with Gasteiger partial charge >= 0.3 is 0 Å². The summed E-state index contributed by atoms with van der Waals surface area (Å²) >= 11 is 0. The van der Waals surface area contributed by atoms with Crippen LogP contribution in [0.25, 0.3) is 0 Å². The van der Waals surface area contributed by atoms with Gasteiger partial charge in [-0.3, -0.25) is 4.79 Å². The highest BCUT2D eigenvalue weighted by Crippen LogP contribution is 2.40. The second-order valence-electron chi connectivity index (χ2n) is 5.58. The molecule has 5 nitrogen and oxygen atoms in total. The smallest absolute Gasteiger partial charge is 0.251 e. The lowest BCUT2D eigenvalue weighted by Crippen LogP contribution is -2.41. The van der Waals surface area contributed by atoms with Crippen LogP contribution in [0.1, 0.15) is 32.6 Å². The predicted molar refractivity (Wildman–Crippen MR) is 69.9 cm³/mol. The molecule has 2 fully saturated rings. The number of nitrogens with zero attached hydrogens (tertiary/aromatic N) is 1. The maximum atomic E-state index is 13.5. The summed E-state index contributed by atoms with van der Waals surface area (Å²) in [7, 11) is -3.78. The molecule has 1 N–H and O–H groups in total. The quantitative estimate of drug-likeness (QED) is 0.822. The van der Waals surface area contributed by atoms with Gasteiger partial charge in [0.25, 0.3) is 5.92 Å². The average Bonchev–Trinajstić information content (AvgIpc) is 2.81. The lowest BCUT2D eigenvalue weighted by atomic mass is 10.1.